The second-order valence-corrected chi connectivity index (χ2v) is 4.40. The average molecular weight is 264 g/mol. The second-order valence-electron chi connectivity index (χ2n) is 3.20. The molecular formula is C10H11Cl2NOS. The van der Waals surface area contributed by atoms with Crippen molar-refractivity contribution in [2.45, 2.75) is 6.42 Å². The van der Waals surface area contributed by atoms with E-state index in [9.17, 15) is 4.79 Å². The van der Waals surface area contributed by atoms with Gasteiger partial charge in [0, 0.05) is 13.6 Å². The van der Waals surface area contributed by atoms with Crippen LogP contribution in [0, 0.1) is 0 Å². The van der Waals surface area contributed by atoms with E-state index in [1.807, 2.05) is 6.07 Å². The van der Waals surface area contributed by atoms with Crippen LogP contribution in [0.2, 0.25) is 10.0 Å². The van der Waals surface area contributed by atoms with E-state index < -0.39 is 0 Å². The van der Waals surface area contributed by atoms with Crippen LogP contribution in [0.15, 0.2) is 18.2 Å². The molecule has 82 valence electrons. The summed E-state index contributed by atoms with van der Waals surface area (Å²) in [5, 5.41) is 0.836. The molecule has 1 amide bonds. The standard InChI is InChI=1S/C10H11Cl2NOS/c1-13(10(14)15)5-4-7-2-3-8(11)9(12)6-7/h2-3,6H,4-5H2,1H3,(H,14,15). The molecule has 0 aromatic heterocycles. The molecule has 0 saturated carbocycles. The minimum absolute atomic E-state index is 0.241. The number of amides is 1. The molecule has 0 aliphatic rings. The summed E-state index contributed by atoms with van der Waals surface area (Å²) in [6.45, 7) is 0.611. The Balaban J connectivity index is 2.58. The maximum absolute atomic E-state index is 10.8. The van der Waals surface area contributed by atoms with Gasteiger partial charge in [-0.05, 0) is 24.1 Å². The zero-order chi connectivity index (χ0) is 11.4. The predicted octanol–water partition coefficient (Wildman–Crippen LogP) is 3.52. The van der Waals surface area contributed by atoms with Crippen LogP contribution in [-0.2, 0) is 6.42 Å². The van der Waals surface area contributed by atoms with Crippen LogP contribution in [0.5, 0.6) is 0 Å². The molecule has 0 spiro atoms. The minimum atomic E-state index is -0.241. The second kappa shape index (κ2) is 5.64. The Hall–Kier alpha value is -0.380. The Morgan fingerprint density at radius 3 is 2.60 bits per heavy atom. The smallest absolute Gasteiger partial charge is 0.278 e. The van der Waals surface area contributed by atoms with Gasteiger partial charge in [0.1, 0.15) is 0 Å². The minimum Gasteiger partial charge on any atom is -0.337 e. The highest BCUT2D eigenvalue weighted by Gasteiger charge is 2.04. The third-order valence-electron chi connectivity index (χ3n) is 2.05. The Kier molecular flexibility index (Phi) is 4.77. The van der Waals surface area contributed by atoms with E-state index in [2.05, 4.69) is 12.6 Å². The zero-order valence-electron chi connectivity index (χ0n) is 8.20. The van der Waals surface area contributed by atoms with Crippen molar-refractivity contribution in [3.8, 4) is 0 Å². The SMILES string of the molecule is CN(CCc1ccc(Cl)c(Cl)c1)C(=O)S. The molecular weight excluding hydrogens is 253 g/mol. The van der Waals surface area contributed by atoms with Crippen molar-refractivity contribution in [3.63, 3.8) is 0 Å². The third kappa shape index (κ3) is 3.93. The van der Waals surface area contributed by atoms with E-state index in [4.69, 9.17) is 23.2 Å². The Bertz CT molecular complexity index is 370. The first-order valence-corrected chi connectivity index (χ1v) is 5.59. The summed E-state index contributed by atoms with van der Waals surface area (Å²) in [7, 11) is 1.70. The van der Waals surface area contributed by atoms with Gasteiger partial charge in [-0.1, -0.05) is 41.9 Å². The molecule has 1 aromatic carbocycles. The summed E-state index contributed by atoms with van der Waals surface area (Å²) < 4.78 is 0. The average Bonchev–Trinajstić information content (AvgIpc) is 2.19. The highest BCUT2D eigenvalue weighted by molar-refractivity contribution is 7.96. The van der Waals surface area contributed by atoms with Gasteiger partial charge in [-0.2, -0.15) is 0 Å². The molecule has 0 unspecified atom stereocenters. The third-order valence-corrected chi connectivity index (χ3v) is 3.13. The van der Waals surface area contributed by atoms with Gasteiger partial charge >= 0.3 is 0 Å². The number of thiol groups is 1. The summed E-state index contributed by atoms with van der Waals surface area (Å²) in [5.41, 5.74) is 1.05. The molecule has 0 fully saturated rings. The summed E-state index contributed by atoms with van der Waals surface area (Å²) in [6.07, 6.45) is 0.736. The molecule has 1 aromatic rings. The molecule has 5 heteroatoms. The first kappa shape index (κ1) is 12.7. The van der Waals surface area contributed by atoms with Gasteiger partial charge in [0.15, 0.2) is 0 Å². The van der Waals surface area contributed by atoms with Gasteiger partial charge < -0.3 is 4.90 Å². The highest BCUT2D eigenvalue weighted by atomic mass is 35.5. The summed E-state index contributed by atoms with van der Waals surface area (Å²) in [6, 6.07) is 5.45. The quantitative estimate of drug-likeness (QED) is 0.828. The molecule has 0 aliphatic carbocycles. The first-order chi connectivity index (χ1) is 7.00. The summed E-state index contributed by atoms with van der Waals surface area (Å²) in [5.74, 6) is 0. The maximum Gasteiger partial charge on any atom is 0.278 e. The largest absolute Gasteiger partial charge is 0.337 e. The van der Waals surface area contributed by atoms with Gasteiger partial charge in [0.05, 0.1) is 10.0 Å². The lowest BCUT2D eigenvalue weighted by molar-refractivity contribution is 0.234. The van der Waals surface area contributed by atoms with Gasteiger partial charge in [-0.25, -0.2) is 0 Å². The lowest BCUT2D eigenvalue weighted by atomic mass is 10.1. The lowest BCUT2D eigenvalue weighted by Gasteiger charge is -2.13. The number of hydrogen-bond acceptors (Lipinski definition) is 1. The van der Waals surface area contributed by atoms with E-state index in [0.717, 1.165) is 12.0 Å². The van der Waals surface area contributed by atoms with Crippen molar-refractivity contribution in [2.75, 3.05) is 13.6 Å². The maximum atomic E-state index is 10.8. The van der Waals surface area contributed by atoms with Crippen molar-refractivity contribution >= 4 is 41.1 Å². The van der Waals surface area contributed by atoms with Crippen LogP contribution in [-0.4, -0.2) is 23.7 Å². The van der Waals surface area contributed by atoms with Crippen LogP contribution in [0.1, 0.15) is 5.56 Å². The molecule has 1 rings (SSSR count). The molecule has 15 heavy (non-hydrogen) atoms. The van der Waals surface area contributed by atoms with Gasteiger partial charge in [-0.15, -0.1) is 0 Å². The van der Waals surface area contributed by atoms with Crippen molar-refractivity contribution in [2.24, 2.45) is 0 Å². The highest BCUT2D eigenvalue weighted by Crippen LogP contribution is 2.22. The number of likely N-dealkylation sites (N-methyl/N-ethyl adjacent to an activating group) is 1. The molecule has 0 atom stereocenters. The van der Waals surface area contributed by atoms with E-state index in [1.54, 1.807) is 19.2 Å². The predicted molar refractivity (Wildman–Crippen MR) is 67.2 cm³/mol. The Labute approximate surface area is 105 Å². The fourth-order valence-corrected chi connectivity index (χ4v) is 1.51. The fourth-order valence-electron chi connectivity index (χ4n) is 1.09. The van der Waals surface area contributed by atoms with Crippen LogP contribution in [0.3, 0.4) is 0 Å². The van der Waals surface area contributed by atoms with E-state index >= 15 is 0 Å². The molecule has 2 nitrogen and oxygen atoms in total. The van der Waals surface area contributed by atoms with Crippen LogP contribution in [0.25, 0.3) is 0 Å². The first-order valence-electron chi connectivity index (χ1n) is 4.38. The van der Waals surface area contributed by atoms with Crippen LogP contribution >= 0.6 is 35.8 Å². The zero-order valence-corrected chi connectivity index (χ0v) is 10.6. The van der Waals surface area contributed by atoms with Crippen molar-refractivity contribution in [3.05, 3.63) is 33.8 Å². The van der Waals surface area contributed by atoms with Gasteiger partial charge in [-0.3, -0.25) is 4.79 Å². The lowest BCUT2D eigenvalue weighted by Crippen LogP contribution is -2.23. The number of halogens is 2. The summed E-state index contributed by atoms with van der Waals surface area (Å²) in [4.78, 5) is 12.4. The molecule has 0 radical (unpaired) electrons. The number of nitrogens with zero attached hydrogens (tertiary/aromatic N) is 1. The Morgan fingerprint density at radius 2 is 2.07 bits per heavy atom. The summed E-state index contributed by atoms with van der Waals surface area (Å²) >= 11 is 15.4. The number of benzene rings is 1. The number of carbonyl (C=O) groups excluding carboxylic acids is 1. The molecule has 0 heterocycles. The topological polar surface area (TPSA) is 20.3 Å². The monoisotopic (exact) mass is 263 g/mol. The molecule has 0 saturated heterocycles. The molecule has 0 bridgehead atoms. The molecule has 0 N–H and O–H groups in total. The number of hydrogen-bond donors (Lipinski definition) is 1. The fraction of sp³-hybridized carbons (Fsp3) is 0.300. The normalized spacial score (nSPS) is 10.1. The Morgan fingerprint density at radius 1 is 1.40 bits per heavy atom. The van der Waals surface area contributed by atoms with Crippen LogP contribution in [0.4, 0.5) is 4.79 Å². The van der Waals surface area contributed by atoms with Crippen LogP contribution < -0.4 is 0 Å². The van der Waals surface area contributed by atoms with E-state index in [-0.39, 0.29) is 5.24 Å². The van der Waals surface area contributed by atoms with Crippen molar-refractivity contribution in [1.29, 1.82) is 0 Å². The number of carbonyl (C=O) groups is 1. The van der Waals surface area contributed by atoms with Gasteiger partial charge in [0.2, 0.25) is 0 Å². The van der Waals surface area contributed by atoms with Gasteiger partial charge in [0.25, 0.3) is 5.24 Å². The van der Waals surface area contributed by atoms with Crippen molar-refractivity contribution < 1.29 is 4.79 Å². The van der Waals surface area contributed by atoms with E-state index in [1.165, 1.54) is 4.90 Å². The van der Waals surface area contributed by atoms with Crippen molar-refractivity contribution in [1.82, 2.24) is 4.90 Å². The van der Waals surface area contributed by atoms with E-state index in [0.29, 0.717) is 16.6 Å². The number of rotatable bonds is 3. The molecule has 0 aliphatic heterocycles.